The van der Waals surface area contributed by atoms with Crippen molar-refractivity contribution in [1.29, 1.82) is 0 Å². The number of hydrogen-bond acceptors (Lipinski definition) is 3. The summed E-state index contributed by atoms with van der Waals surface area (Å²) < 4.78 is 0. The minimum atomic E-state index is -0.884. The summed E-state index contributed by atoms with van der Waals surface area (Å²) in [5, 5.41) is 16.1. The minimum Gasteiger partial charge on any atom is -0.384 e. The second-order valence-electron chi connectivity index (χ2n) is 4.72. The fourth-order valence-electron chi connectivity index (χ4n) is 2.16. The molecule has 1 aromatic carbocycles. The molecule has 1 amide bonds. The van der Waals surface area contributed by atoms with E-state index in [1.807, 2.05) is 25.2 Å². The number of amides is 1. The van der Waals surface area contributed by atoms with Crippen molar-refractivity contribution in [2.24, 2.45) is 0 Å². The Balaban J connectivity index is 2.30. The number of nitrogens with one attached hydrogen (secondary N) is 2. The molecule has 1 aliphatic heterocycles. The van der Waals surface area contributed by atoms with Crippen LogP contribution in [0.5, 0.6) is 0 Å². The number of anilines is 1. The number of fused-ring (bicyclic) bond motifs is 1. The zero-order chi connectivity index (χ0) is 12.5. The van der Waals surface area contributed by atoms with E-state index in [1.165, 1.54) is 0 Å². The van der Waals surface area contributed by atoms with Gasteiger partial charge in [0.05, 0.1) is 5.60 Å². The lowest BCUT2D eigenvalue weighted by atomic mass is 9.91. The zero-order valence-corrected chi connectivity index (χ0v) is 10.2. The maximum Gasteiger partial charge on any atom is 0.224 e. The molecule has 17 heavy (non-hydrogen) atoms. The molecule has 0 bridgehead atoms. The lowest BCUT2D eigenvalue weighted by Crippen LogP contribution is -2.33. The van der Waals surface area contributed by atoms with Crippen molar-refractivity contribution in [2.45, 2.75) is 25.4 Å². The predicted octanol–water partition coefficient (Wildman–Crippen LogP) is 0.998. The van der Waals surface area contributed by atoms with Crippen LogP contribution < -0.4 is 10.6 Å². The van der Waals surface area contributed by atoms with Gasteiger partial charge in [0.1, 0.15) is 0 Å². The molecule has 0 aromatic heterocycles. The van der Waals surface area contributed by atoms with Crippen LogP contribution in [-0.2, 0) is 16.8 Å². The van der Waals surface area contributed by atoms with Gasteiger partial charge in [-0.3, -0.25) is 4.79 Å². The summed E-state index contributed by atoms with van der Waals surface area (Å²) in [5.41, 5.74) is 1.95. The molecule has 92 valence electrons. The van der Waals surface area contributed by atoms with Gasteiger partial charge >= 0.3 is 0 Å². The zero-order valence-electron chi connectivity index (χ0n) is 10.2. The van der Waals surface area contributed by atoms with E-state index in [2.05, 4.69) is 10.6 Å². The molecule has 1 aromatic rings. The SMILES string of the molecule is CNCC(C)(O)c1ccc2c(c1)CCC(=O)N2. The van der Waals surface area contributed by atoms with Crippen molar-refractivity contribution in [2.75, 3.05) is 18.9 Å². The first kappa shape index (κ1) is 12.1. The molecule has 1 unspecified atom stereocenters. The summed E-state index contributed by atoms with van der Waals surface area (Å²) in [6.07, 6.45) is 1.26. The molecule has 0 spiro atoms. The summed E-state index contributed by atoms with van der Waals surface area (Å²) >= 11 is 0. The highest BCUT2D eigenvalue weighted by molar-refractivity contribution is 5.93. The Labute approximate surface area is 101 Å². The monoisotopic (exact) mass is 234 g/mol. The molecular weight excluding hydrogens is 216 g/mol. The van der Waals surface area contributed by atoms with Crippen molar-refractivity contribution < 1.29 is 9.90 Å². The highest BCUT2D eigenvalue weighted by Gasteiger charge is 2.24. The molecule has 3 N–H and O–H groups in total. The highest BCUT2D eigenvalue weighted by atomic mass is 16.3. The number of aliphatic hydroxyl groups is 1. The number of carbonyl (C=O) groups excluding carboxylic acids is 1. The molecule has 0 fully saturated rings. The van der Waals surface area contributed by atoms with Crippen LogP contribution in [0.1, 0.15) is 24.5 Å². The van der Waals surface area contributed by atoms with Gasteiger partial charge in [0.25, 0.3) is 0 Å². The Hall–Kier alpha value is -1.39. The van der Waals surface area contributed by atoms with Crippen molar-refractivity contribution in [3.63, 3.8) is 0 Å². The van der Waals surface area contributed by atoms with E-state index in [0.717, 1.165) is 23.2 Å². The van der Waals surface area contributed by atoms with Crippen molar-refractivity contribution >= 4 is 11.6 Å². The van der Waals surface area contributed by atoms with Gasteiger partial charge in [0.2, 0.25) is 5.91 Å². The summed E-state index contributed by atoms with van der Waals surface area (Å²) in [5.74, 6) is 0.0623. The lowest BCUT2D eigenvalue weighted by Gasteiger charge is -2.26. The second-order valence-corrected chi connectivity index (χ2v) is 4.72. The third-order valence-electron chi connectivity index (χ3n) is 3.14. The number of carbonyl (C=O) groups is 1. The molecule has 4 heteroatoms. The fourth-order valence-corrected chi connectivity index (χ4v) is 2.16. The van der Waals surface area contributed by atoms with Crippen LogP contribution >= 0.6 is 0 Å². The fraction of sp³-hybridized carbons (Fsp3) is 0.462. The number of rotatable bonds is 3. The van der Waals surface area contributed by atoms with Gasteiger partial charge in [0.15, 0.2) is 0 Å². The Morgan fingerprint density at radius 2 is 2.24 bits per heavy atom. The Morgan fingerprint density at radius 1 is 1.47 bits per heavy atom. The van der Waals surface area contributed by atoms with Gasteiger partial charge in [-0.05, 0) is 37.6 Å². The summed E-state index contributed by atoms with van der Waals surface area (Å²) in [6, 6.07) is 5.71. The summed E-state index contributed by atoms with van der Waals surface area (Å²) in [7, 11) is 1.81. The van der Waals surface area contributed by atoms with Crippen LogP contribution in [0.15, 0.2) is 18.2 Å². The van der Waals surface area contributed by atoms with Crippen LogP contribution in [0.2, 0.25) is 0 Å². The third-order valence-corrected chi connectivity index (χ3v) is 3.14. The van der Waals surface area contributed by atoms with Crippen molar-refractivity contribution in [3.05, 3.63) is 29.3 Å². The molecular formula is C13H18N2O2. The topological polar surface area (TPSA) is 61.4 Å². The molecule has 1 heterocycles. The van der Waals surface area contributed by atoms with E-state index in [4.69, 9.17) is 0 Å². The number of benzene rings is 1. The molecule has 1 atom stereocenters. The van der Waals surface area contributed by atoms with Gasteiger partial charge in [-0.2, -0.15) is 0 Å². The largest absolute Gasteiger partial charge is 0.384 e. The van der Waals surface area contributed by atoms with Crippen LogP contribution in [0.4, 0.5) is 5.69 Å². The Bertz CT molecular complexity index is 441. The van der Waals surface area contributed by atoms with E-state index < -0.39 is 5.60 Å². The highest BCUT2D eigenvalue weighted by Crippen LogP contribution is 2.28. The first-order valence-electron chi connectivity index (χ1n) is 5.83. The molecule has 2 rings (SSSR count). The maximum atomic E-state index is 11.2. The van der Waals surface area contributed by atoms with Gasteiger partial charge in [-0.25, -0.2) is 0 Å². The van der Waals surface area contributed by atoms with E-state index in [1.54, 1.807) is 6.92 Å². The average molecular weight is 234 g/mol. The lowest BCUT2D eigenvalue weighted by molar-refractivity contribution is -0.116. The Kier molecular flexibility index (Phi) is 3.17. The smallest absolute Gasteiger partial charge is 0.224 e. The number of aryl methyl sites for hydroxylation is 1. The molecule has 0 radical (unpaired) electrons. The molecule has 0 saturated carbocycles. The molecule has 1 aliphatic rings. The van der Waals surface area contributed by atoms with Crippen LogP contribution in [-0.4, -0.2) is 24.6 Å². The van der Waals surface area contributed by atoms with Gasteiger partial charge in [-0.1, -0.05) is 12.1 Å². The Morgan fingerprint density at radius 3 is 2.94 bits per heavy atom. The normalized spacial score (nSPS) is 18.2. The van der Waals surface area contributed by atoms with E-state index >= 15 is 0 Å². The first-order chi connectivity index (χ1) is 8.03. The number of likely N-dealkylation sites (N-methyl/N-ethyl adjacent to an activating group) is 1. The van der Waals surface area contributed by atoms with Crippen LogP contribution in [0, 0.1) is 0 Å². The number of hydrogen-bond donors (Lipinski definition) is 3. The van der Waals surface area contributed by atoms with Crippen molar-refractivity contribution in [3.8, 4) is 0 Å². The van der Waals surface area contributed by atoms with Crippen LogP contribution in [0.3, 0.4) is 0 Å². The van der Waals surface area contributed by atoms with E-state index in [9.17, 15) is 9.90 Å². The second kappa shape index (κ2) is 4.47. The quantitative estimate of drug-likeness (QED) is 0.731. The van der Waals surface area contributed by atoms with Gasteiger partial charge in [0, 0.05) is 18.7 Å². The molecule has 0 saturated heterocycles. The van der Waals surface area contributed by atoms with E-state index in [0.29, 0.717) is 13.0 Å². The van der Waals surface area contributed by atoms with Gasteiger partial charge < -0.3 is 15.7 Å². The standard InChI is InChI=1S/C13H18N2O2/c1-13(17,8-14-2)10-4-5-11-9(7-10)3-6-12(16)15-11/h4-5,7,14,17H,3,6,8H2,1-2H3,(H,15,16). The maximum absolute atomic E-state index is 11.2. The van der Waals surface area contributed by atoms with Crippen LogP contribution in [0.25, 0.3) is 0 Å². The van der Waals surface area contributed by atoms with E-state index in [-0.39, 0.29) is 5.91 Å². The third kappa shape index (κ3) is 2.48. The van der Waals surface area contributed by atoms with Crippen molar-refractivity contribution in [1.82, 2.24) is 5.32 Å². The van der Waals surface area contributed by atoms with Gasteiger partial charge in [-0.15, -0.1) is 0 Å². The average Bonchev–Trinajstić information content (AvgIpc) is 2.28. The molecule has 0 aliphatic carbocycles. The first-order valence-corrected chi connectivity index (χ1v) is 5.83. The summed E-state index contributed by atoms with van der Waals surface area (Å²) in [4.78, 5) is 11.2. The predicted molar refractivity (Wildman–Crippen MR) is 66.9 cm³/mol. The summed E-state index contributed by atoms with van der Waals surface area (Å²) in [6.45, 7) is 2.28. The molecule has 4 nitrogen and oxygen atoms in total. The minimum absolute atomic E-state index is 0.0623.